The Balaban J connectivity index is 2.17. The first-order valence-corrected chi connectivity index (χ1v) is 6.09. The third kappa shape index (κ3) is 2.00. The molecular weight excluding hydrogens is 246 g/mol. The lowest BCUT2D eigenvalue weighted by Gasteiger charge is -2.21. The molecule has 98 valence electrons. The molecule has 0 radical (unpaired) electrons. The van der Waals surface area contributed by atoms with Gasteiger partial charge in [0.2, 0.25) is 0 Å². The maximum Gasteiger partial charge on any atom is 0.356 e. The molecule has 1 atom stereocenters. The van der Waals surface area contributed by atoms with Crippen molar-refractivity contribution in [1.29, 1.82) is 0 Å². The third-order valence-electron chi connectivity index (χ3n) is 3.28. The zero-order valence-corrected chi connectivity index (χ0v) is 10.2. The summed E-state index contributed by atoms with van der Waals surface area (Å²) in [4.78, 5) is 19.6. The van der Waals surface area contributed by atoms with Gasteiger partial charge < -0.3 is 14.8 Å². The summed E-state index contributed by atoms with van der Waals surface area (Å²) in [6.45, 7) is 0.558. The zero-order valence-electron chi connectivity index (χ0n) is 10.2. The highest BCUT2D eigenvalue weighted by Crippen LogP contribution is 2.26. The Morgan fingerprint density at radius 3 is 2.95 bits per heavy atom. The molecule has 1 unspecified atom stereocenters. The van der Waals surface area contributed by atoms with E-state index >= 15 is 0 Å². The first-order valence-electron chi connectivity index (χ1n) is 6.09. The summed E-state index contributed by atoms with van der Waals surface area (Å²) in [6.07, 6.45) is 2.07. The minimum atomic E-state index is -1.07. The van der Waals surface area contributed by atoms with Crippen LogP contribution in [0.15, 0.2) is 24.4 Å². The molecule has 0 amide bonds. The van der Waals surface area contributed by atoms with Gasteiger partial charge in [-0.15, -0.1) is 0 Å². The third-order valence-corrected chi connectivity index (χ3v) is 3.28. The normalized spacial score (nSPS) is 18.1. The average Bonchev–Trinajstić information content (AvgIpc) is 2.78. The molecule has 3 rings (SSSR count). The van der Waals surface area contributed by atoms with Crippen molar-refractivity contribution in [3.8, 4) is 11.5 Å². The van der Waals surface area contributed by atoms with Crippen molar-refractivity contribution in [1.82, 2.24) is 14.5 Å². The molecule has 0 aromatic carbocycles. The molecule has 0 saturated carbocycles. The lowest BCUT2D eigenvalue weighted by Crippen LogP contribution is -2.24. The van der Waals surface area contributed by atoms with Crippen LogP contribution in [-0.2, 0) is 13.0 Å². The Hall–Kier alpha value is -2.21. The molecule has 0 fully saturated rings. The summed E-state index contributed by atoms with van der Waals surface area (Å²) in [6, 6.07) is 5.43. The quantitative estimate of drug-likeness (QED) is 0.838. The summed E-state index contributed by atoms with van der Waals surface area (Å²) in [5, 5.41) is 18.9. The van der Waals surface area contributed by atoms with E-state index < -0.39 is 12.1 Å². The molecule has 0 saturated heterocycles. The molecule has 6 nitrogen and oxygen atoms in total. The van der Waals surface area contributed by atoms with Gasteiger partial charge in [-0.2, -0.15) is 0 Å². The number of rotatable bonds is 2. The Bertz CT molecular complexity index is 622. The van der Waals surface area contributed by atoms with Crippen LogP contribution in [0.3, 0.4) is 0 Å². The van der Waals surface area contributed by atoms with Gasteiger partial charge in [0.25, 0.3) is 0 Å². The molecule has 0 bridgehead atoms. The van der Waals surface area contributed by atoms with Crippen molar-refractivity contribution < 1.29 is 15.0 Å². The second-order valence-corrected chi connectivity index (χ2v) is 4.55. The zero-order chi connectivity index (χ0) is 13.4. The van der Waals surface area contributed by atoms with E-state index in [1.165, 1.54) is 0 Å². The number of aromatic nitrogens is 3. The van der Waals surface area contributed by atoms with E-state index in [0.29, 0.717) is 36.6 Å². The molecule has 0 aliphatic carbocycles. The number of aliphatic hydroxyl groups is 1. The largest absolute Gasteiger partial charge is 0.476 e. The highest BCUT2D eigenvalue weighted by atomic mass is 16.4. The highest BCUT2D eigenvalue weighted by Gasteiger charge is 2.28. The summed E-state index contributed by atoms with van der Waals surface area (Å²) in [7, 11) is 0. The summed E-state index contributed by atoms with van der Waals surface area (Å²) in [5.74, 6) is -0.514. The van der Waals surface area contributed by atoms with Crippen LogP contribution in [0.1, 0.15) is 22.6 Å². The second-order valence-electron chi connectivity index (χ2n) is 4.55. The number of nitrogens with zero attached hydrogens (tertiary/aromatic N) is 3. The monoisotopic (exact) mass is 259 g/mol. The fraction of sp³-hybridized carbons (Fsp3) is 0.308. The van der Waals surface area contributed by atoms with Gasteiger partial charge in [0.15, 0.2) is 11.5 Å². The Morgan fingerprint density at radius 2 is 2.26 bits per heavy atom. The molecule has 19 heavy (non-hydrogen) atoms. The minimum Gasteiger partial charge on any atom is -0.476 e. The predicted octanol–water partition coefficient (Wildman–Crippen LogP) is 0.950. The van der Waals surface area contributed by atoms with Gasteiger partial charge in [-0.1, -0.05) is 6.07 Å². The number of aromatic carboxylic acids is 1. The van der Waals surface area contributed by atoms with Crippen molar-refractivity contribution in [2.45, 2.75) is 25.5 Å². The number of fused-ring (bicyclic) bond motifs is 1. The molecule has 3 heterocycles. The molecule has 2 N–H and O–H groups in total. The van der Waals surface area contributed by atoms with E-state index in [1.807, 2.05) is 10.6 Å². The number of imidazole rings is 1. The summed E-state index contributed by atoms with van der Waals surface area (Å²) >= 11 is 0. The first-order chi connectivity index (χ1) is 9.16. The lowest BCUT2D eigenvalue weighted by atomic mass is 10.1. The number of carboxylic acids is 1. The highest BCUT2D eigenvalue weighted by molar-refractivity contribution is 5.87. The minimum absolute atomic E-state index is 0.0133. The van der Waals surface area contributed by atoms with E-state index in [2.05, 4.69) is 9.97 Å². The Labute approximate surface area is 109 Å². The van der Waals surface area contributed by atoms with Crippen LogP contribution in [0.2, 0.25) is 0 Å². The fourth-order valence-electron chi connectivity index (χ4n) is 2.40. The topological polar surface area (TPSA) is 88.2 Å². The van der Waals surface area contributed by atoms with Gasteiger partial charge in [-0.25, -0.2) is 9.78 Å². The number of hydrogen-bond donors (Lipinski definition) is 2. The molecule has 1 aliphatic heterocycles. The van der Waals surface area contributed by atoms with Crippen LogP contribution in [0.5, 0.6) is 0 Å². The Kier molecular flexibility index (Phi) is 2.79. The Morgan fingerprint density at radius 1 is 1.42 bits per heavy atom. The number of hydrogen-bond acceptors (Lipinski definition) is 4. The fourth-order valence-corrected chi connectivity index (χ4v) is 2.40. The van der Waals surface area contributed by atoms with Crippen LogP contribution >= 0.6 is 0 Å². The van der Waals surface area contributed by atoms with E-state index in [9.17, 15) is 15.0 Å². The molecule has 2 aromatic heterocycles. The first kappa shape index (κ1) is 11.9. The van der Waals surface area contributed by atoms with E-state index in [4.69, 9.17) is 0 Å². The van der Waals surface area contributed by atoms with Gasteiger partial charge in [-0.3, -0.25) is 4.98 Å². The van der Waals surface area contributed by atoms with Crippen molar-refractivity contribution in [2.75, 3.05) is 0 Å². The number of carbonyl (C=O) groups is 1. The van der Waals surface area contributed by atoms with Crippen molar-refractivity contribution >= 4 is 5.97 Å². The summed E-state index contributed by atoms with van der Waals surface area (Å²) in [5.41, 5.74) is 1.24. The van der Waals surface area contributed by atoms with Gasteiger partial charge in [0.05, 0.1) is 11.8 Å². The maximum atomic E-state index is 11.2. The van der Waals surface area contributed by atoms with Crippen molar-refractivity contribution in [3.05, 3.63) is 35.8 Å². The molecule has 6 heteroatoms. The standard InChI is InChI=1S/C13H13N3O3/c17-8-4-6-16-10(7-8)11(13(18)19)15-12(16)9-3-1-2-5-14-9/h1-3,5,8,17H,4,6-7H2,(H,18,19). The van der Waals surface area contributed by atoms with Gasteiger partial charge in [0, 0.05) is 19.2 Å². The van der Waals surface area contributed by atoms with Gasteiger partial charge in [-0.05, 0) is 18.6 Å². The van der Waals surface area contributed by atoms with Gasteiger partial charge >= 0.3 is 5.97 Å². The van der Waals surface area contributed by atoms with Crippen molar-refractivity contribution in [3.63, 3.8) is 0 Å². The van der Waals surface area contributed by atoms with Crippen LogP contribution in [0, 0.1) is 0 Å². The lowest BCUT2D eigenvalue weighted by molar-refractivity contribution is 0.0687. The van der Waals surface area contributed by atoms with Crippen LogP contribution in [-0.4, -0.2) is 36.8 Å². The molecular formula is C13H13N3O3. The van der Waals surface area contributed by atoms with Crippen LogP contribution < -0.4 is 0 Å². The van der Waals surface area contributed by atoms with E-state index in [-0.39, 0.29) is 5.69 Å². The van der Waals surface area contributed by atoms with Crippen LogP contribution in [0.25, 0.3) is 11.5 Å². The van der Waals surface area contributed by atoms with Crippen LogP contribution in [0.4, 0.5) is 0 Å². The van der Waals surface area contributed by atoms with Gasteiger partial charge in [0.1, 0.15) is 5.69 Å². The van der Waals surface area contributed by atoms with Crippen molar-refractivity contribution in [2.24, 2.45) is 0 Å². The predicted molar refractivity (Wildman–Crippen MR) is 66.7 cm³/mol. The average molecular weight is 259 g/mol. The molecule has 1 aliphatic rings. The van der Waals surface area contributed by atoms with E-state index in [1.54, 1.807) is 18.3 Å². The molecule has 2 aromatic rings. The second kappa shape index (κ2) is 4.47. The number of carboxylic acid groups (broad SMARTS) is 1. The number of aliphatic hydroxyl groups excluding tert-OH is 1. The number of pyridine rings is 1. The van der Waals surface area contributed by atoms with E-state index in [0.717, 1.165) is 0 Å². The summed E-state index contributed by atoms with van der Waals surface area (Å²) < 4.78 is 1.85. The maximum absolute atomic E-state index is 11.2. The smallest absolute Gasteiger partial charge is 0.356 e. The molecule has 0 spiro atoms. The SMILES string of the molecule is O=C(O)c1nc(-c2ccccn2)n2c1CC(O)CC2.